The lowest BCUT2D eigenvalue weighted by Gasteiger charge is -2.13. The van der Waals surface area contributed by atoms with Crippen LogP contribution in [-0.2, 0) is 4.79 Å². The molecule has 0 saturated heterocycles. The van der Waals surface area contributed by atoms with Crippen molar-refractivity contribution >= 4 is 5.91 Å². The Morgan fingerprint density at radius 3 is 2.40 bits per heavy atom. The van der Waals surface area contributed by atoms with E-state index in [0.29, 0.717) is 11.6 Å². The Morgan fingerprint density at radius 2 is 1.93 bits per heavy atom. The van der Waals surface area contributed by atoms with E-state index in [2.05, 4.69) is 18.5 Å². The van der Waals surface area contributed by atoms with Gasteiger partial charge in [-0.1, -0.05) is 43.0 Å². The summed E-state index contributed by atoms with van der Waals surface area (Å²) < 4.78 is 0. The molecule has 1 amide bonds. The minimum atomic E-state index is -0.186. The Hall–Kier alpha value is -1.83. The Kier molecular flexibility index (Phi) is 3.86. The minimum Gasteiger partial charge on any atom is -0.336 e. The smallest absolute Gasteiger partial charge is 0.247 e. The predicted molar refractivity (Wildman–Crippen MR) is 61.9 cm³/mol. The monoisotopic (exact) mass is 200 g/mol. The lowest BCUT2D eigenvalue weighted by molar-refractivity contribution is -0.117. The van der Waals surface area contributed by atoms with Crippen molar-refractivity contribution in [1.82, 2.24) is 5.32 Å². The Morgan fingerprint density at radius 1 is 1.33 bits per heavy atom. The second-order valence-corrected chi connectivity index (χ2v) is 3.22. The summed E-state index contributed by atoms with van der Waals surface area (Å²) in [5.74, 6) is -0.186. The van der Waals surface area contributed by atoms with Crippen molar-refractivity contribution in [2.75, 3.05) is 0 Å². The van der Waals surface area contributed by atoms with Crippen LogP contribution in [0.15, 0.2) is 55.1 Å². The van der Waals surface area contributed by atoms with Gasteiger partial charge in [-0.25, -0.2) is 0 Å². The van der Waals surface area contributed by atoms with Gasteiger partial charge in [0.1, 0.15) is 6.04 Å². The van der Waals surface area contributed by atoms with Crippen molar-refractivity contribution in [2.24, 2.45) is 0 Å². The van der Waals surface area contributed by atoms with Crippen LogP contribution in [0.1, 0.15) is 12.5 Å². The summed E-state index contributed by atoms with van der Waals surface area (Å²) in [6.45, 7) is 8.91. The predicted octanol–water partition coefficient (Wildman–Crippen LogP) is 2.44. The normalized spacial score (nSPS) is 9.73. The maximum atomic E-state index is 11.4. The highest BCUT2D eigenvalue weighted by Gasteiger charge is 2.11. The van der Waals surface area contributed by atoms with Gasteiger partial charge in [0, 0.05) is 5.57 Å². The van der Waals surface area contributed by atoms with Gasteiger partial charge in [-0.3, -0.25) is 4.79 Å². The summed E-state index contributed by atoms with van der Waals surface area (Å²) >= 11 is 0. The molecular formula is C13H14NO. The number of nitrogens with one attached hydrogen (secondary N) is 1. The number of carbonyl (C=O) groups is 1. The summed E-state index contributed by atoms with van der Waals surface area (Å²) in [6, 6.07) is 10.3. The molecule has 0 bridgehead atoms. The van der Waals surface area contributed by atoms with Gasteiger partial charge in [0.05, 0.1) is 0 Å². The van der Waals surface area contributed by atoms with Gasteiger partial charge in [-0.15, -0.1) is 6.58 Å². The van der Waals surface area contributed by atoms with Gasteiger partial charge < -0.3 is 5.32 Å². The lowest BCUT2D eigenvalue weighted by atomic mass is 10.1. The molecule has 1 rings (SSSR count). The van der Waals surface area contributed by atoms with E-state index in [1.807, 2.05) is 30.3 Å². The molecule has 1 N–H and O–H groups in total. The molecule has 0 aromatic heterocycles. The van der Waals surface area contributed by atoms with Crippen LogP contribution in [-0.4, -0.2) is 5.91 Å². The number of rotatable bonds is 4. The van der Waals surface area contributed by atoms with Crippen molar-refractivity contribution in [3.63, 3.8) is 0 Å². The highest BCUT2D eigenvalue weighted by molar-refractivity contribution is 5.93. The lowest BCUT2D eigenvalue weighted by Crippen LogP contribution is -2.28. The Balaban J connectivity index is 2.78. The molecule has 0 saturated carbocycles. The van der Waals surface area contributed by atoms with E-state index in [1.165, 1.54) is 0 Å². The molecule has 0 spiro atoms. The molecular weight excluding hydrogens is 186 g/mol. The molecule has 0 heterocycles. The van der Waals surface area contributed by atoms with Crippen LogP contribution < -0.4 is 5.32 Å². The quantitative estimate of drug-likeness (QED) is 0.743. The summed E-state index contributed by atoms with van der Waals surface area (Å²) in [4.78, 5) is 11.4. The van der Waals surface area contributed by atoms with Gasteiger partial charge in [-0.2, -0.15) is 0 Å². The average molecular weight is 200 g/mol. The molecule has 1 aromatic rings. The molecule has 0 aliphatic carbocycles. The van der Waals surface area contributed by atoms with Crippen LogP contribution in [0.4, 0.5) is 0 Å². The first kappa shape index (κ1) is 11.2. The maximum Gasteiger partial charge on any atom is 0.247 e. The summed E-state index contributed by atoms with van der Waals surface area (Å²) in [7, 11) is 0. The van der Waals surface area contributed by atoms with Crippen LogP contribution in [0, 0.1) is 6.04 Å². The standard InChI is InChI=1S/C13H14NO/c1-4-12(14-13(15)10(2)3)11-8-6-5-7-9-11/h4-9H,1-2H2,3H3,(H,14,15). The molecule has 0 fully saturated rings. The van der Waals surface area contributed by atoms with Gasteiger partial charge in [-0.05, 0) is 12.5 Å². The number of hydrogen-bond donors (Lipinski definition) is 1. The molecule has 2 heteroatoms. The molecule has 0 unspecified atom stereocenters. The van der Waals surface area contributed by atoms with Gasteiger partial charge in [0.15, 0.2) is 0 Å². The second-order valence-electron chi connectivity index (χ2n) is 3.22. The fraction of sp³-hybridized carbons (Fsp3) is 0.0769. The molecule has 0 aliphatic heterocycles. The summed E-state index contributed by atoms with van der Waals surface area (Å²) in [6.07, 6.45) is 1.62. The zero-order valence-corrected chi connectivity index (χ0v) is 8.79. The van der Waals surface area contributed by atoms with Crippen molar-refractivity contribution in [1.29, 1.82) is 0 Å². The number of carbonyl (C=O) groups excluding carboxylic acids is 1. The van der Waals surface area contributed by atoms with Gasteiger partial charge in [0.2, 0.25) is 5.91 Å². The summed E-state index contributed by atoms with van der Waals surface area (Å²) in [5.41, 5.74) is 1.41. The van der Waals surface area contributed by atoms with E-state index >= 15 is 0 Å². The van der Waals surface area contributed by atoms with Crippen molar-refractivity contribution in [3.05, 3.63) is 66.7 Å². The van der Waals surface area contributed by atoms with E-state index in [0.717, 1.165) is 5.56 Å². The van der Waals surface area contributed by atoms with E-state index in [-0.39, 0.29) is 5.91 Å². The third-order valence-corrected chi connectivity index (χ3v) is 1.92. The van der Waals surface area contributed by atoms with Crippen LogP contribution in [0.3, 0.4) is 0 Å². The highest BCUT2D eigenvalue weighted by Crippen LogP contribution is 2.12. The van der Waals surface area contributed by atoms with E-state index < -0.39 is 0 Å². The number of hydrogen-bond acceptors (Lipinski definition) is 1. The first-order chi connectivity index (χ1) is 7.15. The van der Waals surface area contributed by atoms with E-state index in [9.17, 15) is 4.79 Å². The zero-order chi connectivity index (χ0) is 11.3. The highest BCUT2D eigenvalue weighted by atomic mass is 16.1. The minimum absolute atomic E-state index is 0.186. The molecule has 1 radical (unpaired) electrons. The molecule has 0 atom stereocenters. The molecule has 77 valence electrons. The molecule has 15 heavy (non-hydrogen) atoms. The first-order valence-corrected chi connectivity index (χ1v) is 4.67. The summed E-state index contributed by atoms with van der Waals surface area (Å²) in [5, 5.41) is 2.74. The fourth-order valence-corrected chi connectivity index (χ4v) is 1.09. The van der Waals surface area contributed by atoms with Crippen molar-refractivity contribution in [2.45, 2.75) is 6.92 Å². The van der Waals surface area contributed by atoms with Gasteiger partial charge >= 0.3 is 0 Å². The molecule has 0 aliphatic rings. The average Bonchev–Trinajstić information content (AvgIpc) is 2.26. The zero-order valence-electron chi connectivity index (χ0n) is 8.79. The van der Waals surface area contributed by atoms with Crippen molar-refractivity contribution in [3.8, 4) is 0 Å². The third kappa shape index (κ3) is 3.09. The van der Waals surface area contributed by atoms with Crippen LogP contribution >= 0.6 is 0 Å². The number of benzene rings is 1. The first-order valence-electron chi connectivity index (χ1n) is 4.67. The van der Waals surface area contributed by atoms with Crippen molar-refractivity contribution < 1.29 is 4.79 Å². The fourth-order valence-electron chi connectivity index (χ4n) is 1.09. The van der Waals surface area contributed by atoms with Crippen LogP contribution in [0.5, 0.6) is 0 Å². The molecule has 1 aromatic carbocycles. The van der Waals surface area contributed by atoms with E-state index in [1.54, 1.807) is 13.0 Å². The number of amides is 1. The topological polar surface area (TPSA) is 29.1 Å². The molecule has 2 nitrogen and oxygen atoms in total. The van der Waals surface area contributed by atoms with Crippen LogP contribution in [0.2, 0.25) is 0 Å². The maximum absolute atomic E-state index is 11.4. The van der Waals surface area contributed by atoms with Gasteiger partial charge in [0.25, 0.3) is 0 Å². The van der Waals surface area contributed by atoms with E-state index in [4.69, 9.17) is 0 Å². The van der Waals surface area contributed by atoms with Crippen LogP contribution in [0.25, 0.3) is 0 Å². The third-order valence-electron chi connectivity index (χ3n) is 1.92. The Labute approximate surface area is 90.3 Å². The Bertz CT molecular complexity index is 367. The largest absolute Gasteiger partial charge is 0.336 e. The second kappa shape index (κ2) is 5.15. The SMILES string of the molecule is C=C[C](NC(=O)C(=C)C)c1ccccc1.